The highest BCUT2D eigenvalue weighted by Crippen LogP contribution is 2.32. The lowest BCUT2D eigenvalue weighted by Crippen LogP contribution is -2.33. The summed E-state index contributed by atoms with van der Waals surface area (Å²) in [7, 11) is 0. The Morgan fingerprint density at radius 3 is 2.39 bits per heavy atom. The standard InChI is InChI=1S/C23H22N2O2S/c1-16-7-5-6-10-19(16)22(17-8-3-2-4-9-17)25-23(28)24-18-11-12-20-21(15-18)27-14-13-26-20/h2-12,15,22H,13-14H2,1H3,(H2,24,25,28)/t22-/m0/s1. The predicted octanol–water partition coefficient (Wildman–Crippen LogP) is 4.84. The van der Waals surface area contributed by atoms with Crippen LogP contribution in [0.4, 0.5) is 5.69 Å². The molecule has 142 valence electrons. The van der Waals surface area contributed by atoms with Gasteiger partial charge in [0.15, 0.2) is 16.6 Å². The van der Waals surface area contributed by atoms with Crippen LogP contribution in [0.3, 0.4) is 0 Å². The maximum atomic E-state index is 5.65. The molecule has 0 fully saturated rings. The first-order valence-corrected chi connectivity index (χ1v) is 9.69. The zero-order valence-electron chi connectivity index (χ0n) is 15.6. The normalized spacial score (nSPS) is 13.5. The molecule has 0 spiro atoms. The van der Waals surface area contributed by atoms with Gasteiger partial charge < -0.3 is 20.1 Å². The first kappa shape index (κ1) is 18.3. The molecule has 5 heteroatoms. The van der Waals surface area contributed by atoms with Gasteiger partial charge in [-0.3, -0.25) is 0 Å². The Bertz CT molecular complexity index is 975. The highest BCUT2D eigenvalue weighted by atomic mass is 32.1. The van der Waals surface area contributed by atoms with Crippen LogP contribution in [0.15, 0.2) is 72.8 Å². The van der Waals surface area contributed by atoms with Crippen LogP contribution in [-0.4, -0.2) is 18.3 Å². The molecule has 0 saturated carbocycles. The van der Waals surface area contributed by atoms with E-state index in [0.29, 0.717) is 18.3 Å². The number of benzene rings is 3. The molecule has 1 atom stereocenters. The first-order valence-electron chi connectivity index (χ1n) is 9.28. The largest absolute Gasteiger partial charge is 0.486 e. The molecule has 0 saturated heterocycles. The van der Waals surface area contributed by atoms with E-state index >= 15 is 0 Å². The van der Waals surface area contributed by atoms with Crippen molar-refractivity contribution >= 4 is 23.0 Å². The molecule has 0 radical (unpaired) electrons. The zero-order valence-corrected chi connectivity index (χ0v) is 16.5. The van der Waals surface area contributed by atoms with Crippen LogP contribution >= 0.6 is 12.2 Å². The number of hydrogen-bond donors (Lipinski definition) is 2. The average molecular weight is 391 g/mol. The Hall–Kier alpha value is -3.05. The Balaban J connectivity index is 1.55. The lowest BCUT2D eigenvalue weighted by Gasteiger charge is -2.24. The lowest BCUT2D eigenvalue weighted by atomic mass is 9.95. The van der Waals surface area contributed by atoms with Crippen molar-refractivity contribution in [3.63, 3.8) is 0 Å². The summed E-state index contributed by atoms with van der Waals surface area (Å²) >= 11 is 5.62. The van der Waals surface area contributed by atoms with Gasteiger partial charge in [-0.1, -0.05) is 54.6 Å². The van der Waals surface area contributed by atoms with Gasteiger partial charge in [0, 0.05) is 11.8 Å². The van der Waals surface area contributed by atoms with Gasteiger partial charge in [0.1, 0.15) is 13.2 Å². The van der Waals surface area contributed by atoms with Gasteiger partial charge in [-0.2, -0.15) is 0 Å². The molecule has 1 aliphatic rings. The summed E-state index contributed by atoms with van der Waals surface area (Å²) in [6, 6.07) is 24.4. The van der Waals surface area contributed by atoms with Crippen LogP contribution in [0.2, 0.25) is 0 Å². The van der Waals surface area contributed by atoms with Crippen LogP contribution < -0.4 is 20.1 Å². The highest BCUT2D eigenvalue weighted by molar-refractivity contribution is 7.80. The highest BCUT2D eigenvalue weighted by Gasteiger charge is 2.18. The lowest BCUT2D eigenvalue weighted by molar-refractivity contribution is 0.171. The van der Waals surface area contributed by atoms with Gasteiger partial charge in [-0.05, 0) is 48.0 Å². The molecule has 1 heterocycles. The molecule has 1 aliphatic heterocycles. The molecule has 2 N–H and O–H groups in total. The maximum Gasteiger partial charge on any atom is 0.171 e. The van der Waals surface area contributed by atoms with Crippen LogP contribution in [0.5, 0.6) is 11.5 Å². The minimum Gasteiger partial charge on any atom is -0.486 e. The number of fused-ring (bicyclic) bond motifs is 1. The van der Waals surface area contributed by atoms with E-state index in [2.05, 4.69) is 47.9 Å². The monoisotopic (exact) mass is 390 g/mol. The molecular weight excluding hydrogens is 368 g/mol. The van der Waals surface area contributed by atoms with Crippen LogP contribution in [0, 0.1) is 6.92 Å². The van der Waals surface area contributed by atoms with E-state index in [-0.39, 0.29) is 6.04 Å². The van der Waals surface area contributed by atoms with Gasteiger partial charge >= 0.3 is 0 Å². The Morgan fingerprint density at radius 1 is 0.893 bits per heavy atom. The van der Waals surface area contributed by atoms with Crippen LogP contribution in [0.25, 0.3) is 0 Å². The maximum absolute atomic E-state index is 5.65. The molecule has 4 nitrogen and oxygen atoms in total. The van der Waals surface area contributed by atoms with Gasteiger partial charge in [0.2, 0.25) is 0 Å². The minimum atomic E-state index is -0.0420. The SMILES string of the molecule is Cc1ccccc1[C@@H](NC(=S)Nc1ccc2c(c1)OCCO2)c1ccccc1. The fourth-order valence-electron chi connectivity index (χ4n) is 3.32. The van der Waals surface area contributed by atoms with Crippen molar-refractivity contribution in [1.82, 2.24) is 5.32 Å². The molecular formula is C23H22N2O2S. The molecule has 0 aliphatic carbocycles. The minimum absolute atomic E-state index is 0.0420. The molecule has 3 aromatic rings. The number of anilines is 1. The second kappa shape index (κ2) is 8.31. The van der Waals surface area contributed by atoms with Crippen LogP contribution in [0.1, 0.15) is 22.7 Å². The summed E-state index contributed by atoms with van der Waals surface area (Å²) in [6.45, 7) is 3.25. The molecule has 0 bridgehead atoms. The Labute approximate surface area is 170 Å². The topological polar surface area (TPSA) is 42.5 Å². The zero-order chi connectivity index (χ0) is 19.3. The van der Waals surface area contributed by atoms with Crippen molar-refractivity contribution in [3.05, 3.63) is 89.5 Å². The van der Waals surface area contributed by atoms with Crippen molar-refractivity contribution in [1.29, 1.82) is 0 Å². The second-order valence-corrected chi connectivity index (χ2v) is 7.07. The van der Waals surface area contributed by atoms with Gasteiger partial charge in [-0.15, -0.1) is 0 Å². The van der Waals surface area contributed by atoms with E-state index in [0.717, 1.165) is 22.7 Å². The quantitative estimate of drug-likeness (QED) is 0.624. The van der Waals surface area contributed by atoms with E-state index in [9.17, 15) is 0 Å². The van der Waals surface area contributed by atoms with Crippen molar-refractivity contribution < 1.29 is 9.47 Å². The summed E-state index contributed by atoms with van der Waals surface area (Å²) in [6.07, 6.45) is 0. The van der Waals surface area contributed by atoms with Gasteiger partial charge in [0.25, 0.3) is 0 Å². The molecule has 0 amide bonds. The van der Waals surface area contributed by atoms with Crippen molar-refractivity contribution in [2.45, 2.75) is 13.0 Å². The average Bonchev–Trinajstić information content (AvgIpc) is 2.73. The summed E-state index contributed by atoms with van der Waals surface area (Å²) in [5.41, 5.74) is 4.42. The van der Waals surface area contributed by atoms with Gasteiger partial charge in [0.05, 0.1) is 6.04 Å². The molecule has 3 aromatic carbocycles. The third-order valence-electron chi connectivity index (χ3n) is 4.71. The summed E-state index contributed by atoms with van der Waals surface area (Å²) in [5.74, 6) is 1.50. The second-order valence-electron chi connectivity index (χ2n) is 6.66. The fourth-order valence-corrected chi connectivity index (χ4v) is 3.55. The Morgan fingerprint density at radius 2 is 1.61 bits per heavy atom. The van der Waals surface area contributed by atoms with Crippen molar-refractivity contribution in [3.8, 4) is 11.5 Å². The van der Waals surface area contributed by atoms with Gasteiger partial charge in [-0.25, -0.2) is 0 Å². The van der Waals surface area contributed by atoms with E-state index in [1.165, 1.54) is 11.1 Å². The molecule has 28 heavy (non-hydrogen) atoms. The third-order valence-corrected chi connectivity index (χ3v) is 4.93. The number of hydrogen-bond acceptors (Lipinski definition) is 3. The van der Waals surface area contributed by atoms with E-state index in [1.807, 2.05) is 42.5 Å². The summed E-state index contributed by atoms with van der Waals surface area (Å²) in [4.78, 5) is 0. The molecule has 4 rings (SSSR count). The summed E-state index contributed by atoms with van der Waals surface area (Å²) in [5, 5.41) is 7.28. The predicted molar refractivity (Wildman–Crippen MR) is 116 cm³/mol. The van der Waals surface area contributed by atoms with E-state index < -0.39 is 0 Å². The van der Waals surface area contributed by atoms with E-state index in [4.69, 9.17) is 21.7 Å². The number of nitrogens with one attached hydrogen (secondary N) is 2. The van der Waals surface area contributed by atoms with Crippen molar-refractivity contribution in [2.75, 3.05) is 18.5 Å². The molecule has 0 aromatic heterocycles. The number of ether oxygens (including phenoxy) is 2. The fraction of sp³-hybridized carbons (Fsp3) is 0.174. The number of aryl methyl sites for hydroxylation is 1. The van der Waals surface area contributed by atoms with Crippen molar-refractivity contribution in [2.24, 2.45) is 0 Å². The molecule has 0 unspecified atom stereocenters. The number of thiocarbonyl (C=S) groups is 1. The first-order chi connectivity index (χ1) is 13.7. The smallest absolute Gasteiger partial charge is 0.171 e. The third kappa shape index (κ3) is 4.10. The van der Waals surface area contributed by atoms with E-state index in [1.54, 1.807) is 0 Å². The Kier molecular flexibility index (Phi) is 5.44. The van der Waals surface area contributed by atoms with Crippen LogP contribution in [-0.2, 0) is 0 Å². The summed E-state index contributed by atoms with van der Waals surface area (Å²) < 4.78 is 11.2. The number of rotatable bonds is 4.